The Morgan fingerprint density at radius 3 is 2.39 bits per heavy atom. The quantitative estimate of drug-likeness (QED) is 0.790. The lowest BCUT2D eigenvalue weighted by atomic mass is 9.64. The number of aromatic carboxylic acids is 1. The number of benzene rings is 2. The van der Waals surface area contributed by atoms with Crippen LogP contribution in [0.15, 0.2) is 53.0 Å². The summed E-state index contributed by atoms with van der Waals surface area (Å²) < 4.78 is 1.19. The fourth-order valence-corrected chi connectivity index (χ4v) is 3.95. The minimum atomic E-state index is -0.883. The zero-order valence-corrected chi connectivity index (χ0v) is 14.5. The van der Waals surface area contributed by atoms with Crippen LogP contribution in [0.5, 0.6) is 0 Å². The fourth-order valence-electron chi connectivity index (χ4n) is 3.25. The highest BCUT2D eigenvalue weighted by atomic mass is 79.9. The number of nitrogens with one attached hydrogen (secondary N) is 1. The summed E-state index contributed by atoms with van der Waals surface area (Å²) >= 11 is 3.68. The lowest BCUT2D eigenvalue weighted by Gasteiger charge is -2.43. The summed E-state index contributed by atoms with van der Waals surface area (Å²) in [4.78, 5) is 10.9. The molecule has 0 amide bonds. The van der Waals surface area contributed by atoms with E-state index in [-0.39, 0.29) is 5.41 Å². The van der Waals surface area contributed by atoms with Crippen molar-refractivity contribution in [2.75, 3.05) is 6.54 Å². The Labute approximate surface area is 144 Å². The Morgan fingerprint density at radius 1 is 1.13 bits per heavy atom. The smallest absolute Gasteiger partial charge is 0.335 e. The number of carboxylic acids is 1. The lowest BCUT2D eigenvalue weighted by Crippen LogP contribution is -2.43. The van der Waals surface area contributed by atoms with E-state index in [2.05, 4.69) is 45.5 Å². The van der Waals surface area contributed by atoms with Gasteiger partial charge >= 0.3 is 5.97 Å². The largest absolute Gasteiger partial charge is 0.478 e. The first-order valence-electron chi connectivity index (χ1n) is 7.89. The monoisotopic (exact) mass is 373 g/mol. The first-order chi connectivity index (χ1) is 11.1. The molecule has 0 unspecified atom stereocenters. The van der Waals surface area contributed by atoms with Crippen LogP contribution >= 0.6 is 15.9 Å². The molecule has 2 N–H and O–H groups in total. The van der Waals surface area contributed by atoms with Crippen LogP contribution in [0.25, 0.3) is 0 Å². The number of carboxylic acid groups (broad SMARTS) is 1. The van der Waals surface area contributed by atoms with Gasteiger partial charge in [0.25, 0.3) is 0 Å². The number of rotatable bonds is 6. The molecule has 0 atom stereocenters. The summed E-state index contributed by atoms with van der Waals surface area (Å²) in [5.41, 5.74) is 3.05. The number of hydrogen-bond donors (Lipinski definition) is 2. The molecule has 0 aromatic heterocycles. The molecule has 0 aliphatic heterocycles. The van der Waals surface area contributed by atoms with E-state index in [0.717, 1.165) is 18.7 Å². The Bertz CT molecular complexity index is 693. The maximum atomic E-state index is 10.9. The second kappa shape index (κ2) is 6.85. The molecular formula is C19H20BrNO2. The van der Waals surface area contributed by atoms with Gasteiger partial charge in [0.2, 0.25) is 0 Å². The Morgan fingerprint density at radius 2 is 1.83 bits per heavy atom. The molecule has 2 aromatic rings. The van der Waals surface area contributed by atoms with Crippen molar-refractivity contribution in [2.24, 2.45) is 0 Å². The van der Waals surface area contributed by atoms with E-state index in [0.29, 0.717) is 5.56 Å². The van der Waals surface area contributed by atoms with Crippen LogP contribution in [0.4, 0.5) is 0 Å². The van der Waals surface area contributed by atoms with Gasteiger partial charge in [-0.1, -0.05) is 52.7 Å². The van der Waals surface area contributed by atoms with Crippen LogP contribution in [-0.2, 0) is 12.0 Å². The van der Waals surface area contributed by atoms with E-state index in [1.807, 2.05) is 12.1 Å². The SMILES string of the molecule is O=C(O)c1ccc(CNCC2(c3ccccc3Br)CCC2)cc1. The van der Waals surface area contributed by atoms with Gasteiger partial charge in [0.05, 0.1) is 5.56 Å². The zero-order chi connectivity index (χ0) is 16.3. The Hall–Kier alpha value is -1.65. The van der Waals surface area contributed by atoms with Gasteiger partial charge < -0.3 is 10.4 Å². The van der Waals surface area contributed by atoms with Crippen LogP contribution in [0.1, 0.15) is 40.7 Å². The topological polar surface area (TPSA) is 49.3 Å². The lowest BCUT2D eigenvalue weighted by molar-refractivity contribution is 0.0697. The van der Waals surface area contributed by atoms with Crippen molar-refractivity contribution in [3.63, 3.8) is 0 Å². The van der Waals surface area contributed by atoms with Crippen LogP contribution in [-0.4, -0.2) is 17.6 Å². The Balaban J connectivity index is 1.63. The van der Waals surface area contributed by atoms with Crippen LogP contribution in [0, 0.1) is 0 Å². The highest BCUT2D eigenvalue weighted by Crippen LogP contribution is 2.45. The van der Waals surface area contributed by atoms with Crippen molar-refractivity contribution < 1.29 is 9.90 Å². The molecule has 4 heteroatoms. The zero-order valence-electron chi connectivity index (χ0n) is 12.9. The minimum Gasteiger partial charge on any atom is -0.478 e. The third-order valence-corrected chi connectivity index (χ3v) is 5.44. The molecule has 1 fully saturated rings. The molecular weight excluding hydrogens is 354 g/mol. The van der Waals surface area contributed by atoms with Crippen molar-refractivity contribution >= 4 is 21.9 Å². The predicted molar refractivity (Wildman–Crippen MR) is 94.8 cm³/mol. The molecule has 3 nitrogen and oxygen atoms in total. The number of hydrogen-bond acceptors (Lipinski definition) is 2. The fraction of sp³-hybridized carbons (Fsp3) is 0.316. The van der Waals surface area contributed by atoms with Crippen LogP contribution in [0.2, 0.25) is 0 Å². The van der Waals surface area contributed by atoms with Gasteiger partial charge in [-0.3, -0.25) is 0 Å². The molecule has 2 aromatic carbocycles. The predicted octanol–water partition coefficient (Wildman–Crippen LogP) is 4.36. The normalized spacial score (nSPS) is 15.9. The number of carbonyl (C=O) groups is 1. The average Bonchev–Trinajstić information content (AvgIpc) is 2.51. The molecule has 0 heterocycles. The van der Waals surface area contributed by atoms with E-state index in [9.17, 15) is 4.79 Å². The molecule has 0 radical (unpaired) electrons. The molecule has 1 aliphatic rings. The summed E-state index contributed by atoms with van der Waals surface area (Å²) in [6.07, 6.45) is 3.69. The van der Waals surface area contributed by atoms with E-state index in [1.54, 1.807) is 12.1 Å². The average molecular weight is 374 g/mol. The molecule has 0 bridgehead atoms. The third-order valence-electron chi connectivity index (χ3n) is 4.75. The van der Waals surface area contributed by atoms with Gasteiger partial charge in [-0.2, -0.15) is 0 Å². The van der Waals surface area contributed by atoms with Gasteiger partial charge in [0, 0.05) is 23.0 Å². The van der Waals surface area contributed by atoms with Crippen LogP contribution in [0.3, 0.4) is 0 Å². The van der Waals surface area contributed by atoms with E-state index < -0.39 is 5.97 Å². The first-order valence-corrected chi connectivity index (χ1v) is 8.68. The van der Waals surface area contributed by atoms with E-state index >= 15 is 0 Å². The van der Waals surface area contributed by atoms with Gasteiger partial charge in [-0.05, 0) is 42.2 Å². The van der Waals surface area contributed by atoms with Crippen LogP contribution < -0.4 is 5.32 Å². The molecule has 0 spiro atoms. The first kappa shape index (κ1) is 16.2. The number of halogens is 1. The standard InChI is InChI=1S/C19H20BrNO2/c20-17-5-2-1-4-16(17)19(10-3-11-19)13-21-12-14-6-8-15(9-7-14)18(22)23/h1-2,4-9,21H,3,10-13H2,(H,22,23). The van der Waals surface area contributed by atoms with Gasteiger partial charge in [-0.25, -0.2) is 4.79 Å². The third kappa shape index (κ3) is 3.48. The molecule has 3 rings (SSSR count). The highest BCUT2D eigenvalue weighted by Gasteiger charge is 2.39. The highest BCUT2D eigenvalue weighted by molar-refractivity contribution is 9.10. The van der Waals surface area contributed by atoms with Gasteiger partial charge in [0.1, 0.15) is 0 Å². The molecule has 23 heavy (non-hydrogen) atoms. The van der Waals surface area contributed by atoms with Crippen molar-refractivity contribution in [1.29, 1.82) is 0 Å². The molecule has 0 saturated heterocycles. The van der Waals surface area contributed by atoms with E-state index in [4.69, 9.17) is 5.11 Å². The van der Waals surface area contributed by atoms with Gasteiger partial charge in [0.15, 0.2) is 0 Å². The minimum absolute atomic E-state index is 0.223. The second-order valence-corrected chi connectivity index (χ2v) is 7.07. The van der Waals surface area contributed by atoms with Crippen molar-refractivity contribution in [3.8, 4) is 0 Å². The maximum Gasteiger partial charge on any atom is 0.335 e. The summed E-state index contributed by atoms with van der Waals surface area (Å²) in [6, 6.07) is 15.6. The molecule has 1 aliphatic carbocycles. The summed E-state index contributed by atoms with van der Waals surface area (Å²) in [6.45, 7) is 1.70. The van der Waals surface area contributed by atoms with E-state index in [1.165, 1.54) is 29.3 Å². The molecule has 1 saturated carbocycles. The van der Waals surface area contributed by atoms with Crippen molar-refractivity contribution in [3.05, 3.63) is 69.7 Å². The van der Waals surface area contributed by atoms with Gasteiger partial charge in [-0.15, -0.1) is 0 Å². The van der Waals surface area contributed by atoms with Crippen molar-refractivity contribution in [2.45, 2.75) is 31.2 Å². The summed E-state index contributed by atoms with van der Waals surface area (Å²) in [5, 5.41) is 12.5. The summed E-state index contributed by atoms with van der Waals surface area (Å²) in [5.74, 6) is -0.883. The Kier molecular flexibility index (Phi) is 4.83. The maximum absolute atomic E-state index is 10.9. The molecule has 120 valence electrons. The summed E-state index contributed by atoms with van der Waals surface area (Å²) in [7, 11) is 0. The van der Waals surface area contributed by atoms with Crippen molar-refractivity contribution in [1.82, 2.24) is 5.32 Å². The second-order valence-electron chi connectivity index (χ2n) is 6.22.